The molecule has 2 fully saturated rings. The molecule has 0 amide bonds. The summed E-state index contributed by atoms with van der Waals surface area (Å²) in [7, 11) is 0. The summed E-state index contributed by atoms with van der Waals surface area (Å²) in [6.45, 7) is 5.83. The van der Waals surface area contributed by atoms with Gasteiger partial charge in [-0.15, -0.1) is 0 Å². The van der Waals surface area contributed by atoms with Crippen molar-refractivity contribution in [2.75, 3.05) is 13.1 Å². The first-order chi connectivity index (χ1) is 13.0. The van der Waals surface area contributed by atoms with Crippen LogP contribution in [0.15, 0.2) is 12.1 Å². The van der Waals surface area contributed by atoms with E-state index >= 15 is 0 Å². The number of likely N-dealkylation sites (tertiary alicyclic amines) is 1. The van der Waals surface area contributed by atoms with Gasteiger partial charge in [-0.3, -0.25) is 4.79 Å². The number of Topliss-reactive ketones (excluding diaryl/α,β-unsaturated/α-hetero) is 1. The molecule has 0 aromatic heterocycles. The zero-order valence-electron chi connectivity index (χ0n) is 16.5. The van der Waals surface area contributed by atoms with Crippen molar-refractivity contribution in [3.8, 4) is 5.75 Å². The van der Waals surface area contributed by atoms with Crippen LogP contribution in [-0.2, 0) is 0 Å². The minimum absolute atomic E-state index is 0.218. The highest BCUT2D eigenvalue weighted by Crippen LogP contribution is 2.40. The van der Waals surface area contributed by atoms with Crippen molar-refractivity contribution in [3.63, 3.8) is 0 Å². The van der Waals surface area contributed by atoms with Crippen molar-refractivity contribution in [1.29, 1.82) is 0 Å². The maximum Gasteiger partial charge on any atom is 0.170 e. The van der Waals surface area contributed by atoms with E-state index in [4.69, 9.17) is 17.0 Å². The highest BCUT2D eigenvalue weighted by Gasteiger charge is 2.43. The molecule has 0 unspecified atom stereocenters. The SMILES string of the molecule is Cc1cc2c(cc1C)C(=O)CC1(CCN(C(=S)NC3CCCCC3)CC1)O2. The number of ketones is 1. The molecule has 5 heteroatoms. The van der Waals surface area contributed by atoms with Crippen molar-refractivity contribution in [3.05, 3.63) is 28.8 Å². The number of fused-ring (bicyclic) bond motifs is 1. The number of carbonyl (C=O) groups is 1. The standard InChI is InChI=1S/C22H30N2O2S/c1-15-12-18-19(25)14-22(26-20(18)13-16(15)2)8-10-24(11-9-22)21(27)23-17-6-4-3-5-7-17/h12-13,17H,3-11,14H2,1-2H3,(H,23,27). The lowest BCUT2D eigenvalue weighted by Crippen LogP contribution is -2.55. The topological polar surface area (TPSA) is 41.6 Å². The third-order valence-electron chi connectivity index (χ3n) is 6.60. The number of nitrogens with zero attached hydrogens (tertiary/aromatic N) is 1. The van der Waals surface area contributed by atoms with Crippen LogP contribution in [-0.4, -0.2) is 40.5 Å². The Hall–Kier alpha value is -1.62. The zero-order valence-corrected chi connectivity index (χ0v) is 17.3. The largest absolute Gasteiger partial charge is 0.486 e. The fourth-order valence-corrected chi connectivity index (χ4v) is 5.01. The predicted molar refractivity (Wildman–Crippen MR) is 112 cm³/mol. The molecular formula is C22H30N2O2S. The third-order valence-corrected chi connectivity index (χ3v) is 6.98. The van der Waals surface area contributed by atoms with E-state index in [0.29, 0.717) is 12.5 Å². The second-order valence-corrected chi connectivity index (χ2v) is 8.98. The molecule has 27 heavy (non-hydrogen) atoms. The van der Waals surface area contributed by atoms with E-state index in [-0.39, 0.29) is 11.4 Å². The van der Waals surface area contributed by atoms with Gasteiger partial charge in [0.05, 0.1) is 12.0 Å². The van der Waals surface area contributed by atoms with Gasteiger partial charge in [-0.1, -0.05) is 19.3 Å². The highest BCUT2D eigenvalue weighted by molar-refractivity contribution is 7.80. The second kappa shape index (κ2) is 7.42. The van der Waals surface area contributed by atoms with E-state index in [2.05, 4.69) is 17.1 Å². The number of thiocarbonyl (C=S) groups is 1. The summed E-state index contributed by atoms with van der Waals surface area (Å²) in [6, 6.07) is 4.55. The van der Waals surface area contributed by atoms with Crippen molar-refractivity contribution >= 4 is 23.1 Å². The maximum absolute atomic E-state index is 12.8. The number of piperidine rings is 1. The molecule has 1 aromatic rings. The Morgan fingerprint density at radius 2 is 1.81 bits per heavy atom. The van der Waals surface area contributed by atoms with Crippen LogP contribution in [0.3, 0.4) is 0 Å². The number of carbonyl (C=O) groups excluding carboxylic acids is 1. The number of hydrogen-bond acceptors (Lipinski definition) is 3. The van der Waals surface area contributed by atoms with Crippen LogP contribution in [0.5, 0.6) is 5.75 Å². The third kappa shape index (κ3) is 3.84. The summed E-state index contributed by atoms with van der Waals surface area (Å²) in [6.07, 6.45) is 8.59. The van der Waals surface area contributed by atoms with E-state index < -0.39 is 0 Å². The summed E-state index contributed by atoms with van der Waals surface area (Å²) in [5.74, 6) is 0.987. The zero-order chi connectivity index (χ0) is 19.0. The predicted octanol–water partition coefficient (Wildman–Crippen LogP) is 4.31. The van der Waals surface area contributed by atoms with Crippen LogP contribution >= 0.6 is 12.2 Å². The Kier molecular flexibility index (Phi) is 5.15. The Morgan fingerprint density at radius 3 is 2.52 bits per heavy atom. The number of ether oxygens (including phenoxy) is 1. The van der Waals surface area contributed by atoms with Crippen molar-refractivity contribution in [2.24, 2.45) is 0 Å². The molecule has 1 aromatic carbocycles. The molecule has 1 spiro atoms. The molecule has 4 rings (SSSR count). The molecule has 146 valence electrons. The number of hydrogen-bond donors (Lipinski definition) is 1. The monoisotopic (exact) mass is 386 g/mol. The van der Waals surface area contributed by atoms with Gasteiger partial charge in [0.2, 0.25) is 0 Å². The smallest absolute Gasteiger partial charge is 0.170 e. The van der Waals surface area contributed by atoms with Crippen LogP contribution in [0.25, 0.3) is 0 Å². The van der Waals surface area contributed by atoms with Gasteiger partial charge in [-0.2, -0.15) is 0 Å². The van der Waals surface area contributed by atoms with Crippen molar-refractivity contribution in [1.82, 2.24) is 10.2 Å². The van der Waals surface area contributed by atoms with Crippen LogP contribution < -0.4 is 10.1 Å². The molecular weight excluding hydrogens is 356 g/mol. The van der Waals surface area contributed by atoms with E-state index in [9.17, 15) is 4.79 Å². The molecule has 1 saturated carbocycles. The summed E-state index contributed by atoms with van der Waals surface area (Å²) in [5, 5.41) is 4.45. The van der Waals surface area contributed by atoms with Crippen LogP contribution in [0.2, 0.25) is 0 Å². The first-order valence-corrected chi connectivity index (χ1v) is 10.8. The fourth-order valence-electron chi connectivity index (χ4n) is 4.66. The molecule has 4 nitrogen and oxygen atoms in total. The summed E-state index contributed by atoms with van der Waals surface area (Å²) >= 11 is 5.67. The second-order valence-electron chi connectivity index (χ2n) is 8.59. The van der Waals surface area contributed by atoms with Gasteiger partial charge in [0.15, 0.2) is 10.9 Å². The van der Waals surface area contributed by atoms with Gasteiger partial charge in [0, 0.05) is 32.0 Å². The fraction of sp³-hybridized carbons (Fsp3) is 0.636. The van der Waals surface area contributed by atoms with Gasteiger partial charge in [-0.05, 0) is 62.2 Å². The van der Waals surface area contributed by atoms with Crippen LogP contribution in [0, 0.1) is 13.8 Å². The maximum atomic E-state index is 12.8. The quantitative estimate of drug-likeness (QED) is 0.729. The van der Waals surface area contributed by atoms with Crippen LogP contribution in [0.4, 0.5) is 0 Å². The number of rotatable bonds is 1. The Bertz CT molecular complexity index is 747. The Labute approximate surface area is 167 Å². The normalized spacial score (nSPS) is 22.3. The van der Waals surface area contributed by atoms with E-state index in [1.165, 1.54) is 37.7 Å². The molecule has 0 radical (unpaired) electrons. The van der Waals surface area contributed by atoms with Crippen molar-refractivity contribution < 1.29 is 9.53 Å². The lowest BCUT2D eigenvalue weighted by Gasteiger charge is -2.45. The van der Waals surface area contributed by atoms with Gasteiger partial charge in [0.25, 0.3) is 0 Å². The van der Waals surface area contributed by atoms with Gasteiger partial charge < -0.3 is 15.0 Å². The first-order valence-electron chi connectivity index (χ1n) is 10.3. The molecule has 1 N–H and O–H groups in total. The number of benzene rings is 1. The highest BCUT2D eigenvalue weighted by atomic mass is 32.1. The minimum atomic E-state index is -0.358. The Morgan fingerprint density at radius 1 is 1.15 bits per heavy atom. The summed E-state index contributed by atoms with van der Waals surface area (Å²) in [5.41, 5.74) is 2.72. The van der Waals surface area contributed by atoms with Crippen LogP contribution in [0.1, 0.15) is 72.9 Å². The average Bonchev–Trinajstić information content (AvgIpc) is 2.65. The summed E-state index contributed by atoms with van der Waals surface area (Å²) in [4.78, 5) is 15.0. The lowest BCUT2D eigenvalue weighted by atomic mass is 9.82. The van der Waals surface area contributed by atoms with Gasteiger partial charge in [-0.25, -0.2) is 0 Å². The molecule has 0 bridgehead atoms. The molecule has 2 heterocycles. The van der Waals surface area contributed by atoms with E-state index in [1.54, 1.807) is 0 Å². The summed E-state index contributed by atoms with van der Waals surface area (Å²) < 4.78 is 6.43. The molecule has 3 aliphatic rings. The lowest BCUT2D eigenvalue weighted by molar-refractivity contribution is 0.00342. The van der Waals surface area contributed by atoms with Gasteiger partial charge in [0.1, 0.15) is 11.4 Å². The van der Waals surface area contributed by atoms with E-state index in [1.807, 2.05) is 19.1 Å². The van der Waals surface area contributed by atoms with Crippen molar-refractivity contribution in [2.45, 2.75) is 76.9 Å². The Balaban J connectivity index is 1.40. The molecule has 1 saturated heterocycles. The molecule has 0 atom stereocenters. The first kappa shape index (κ1) is 18.7. The average molecular weight is 387 g/mol. The minimum Gasteiger partial charge on any atom is -0.486 e. The van der Waals surface area contributed by atoms with Gasteiger partial charge >= 0.3 is 0 Å². The molecule has 1 aliphatic carbocycles. The van der Waals surface area contributed by atoms with E-state index in [0.717, 1.165) is 47.9 Å². The molecule has 2 aliphatic heterocycles. The number of aryl methyl sites for hydroxylation is 2. The number of nitrogens with one attached hydrogen (secondary N) is 1.